The van der Waals surface area contributed by atoms with Crippen molar-refractivity contribution in [2.24, 2.45) is 0 Å². The Morgan fingerprint density at radius 3 is 2.74 bits per heavy atom. The number of fused-ring (bicyclic) bond motifs is 1. The second-order valence-corrected chi connectivity index (χ2v) is 8.86. The summed E-state index contributed by atoms with van der Waals surface area (Å²) in [6.07, 6.45) is 3.42. The van der Waals surface area contributed by atoms with Crippen molar-refractivity contribution < 1.29 is 14.3 Å². The van der Waals surface area contributed by atoms with E-state index in [1.807, 2.05) is 42.3 Å². The monoisotopic (exact) mass is 458 g/mol. The van der Waals surface area contributed by atoms with Crippen molar-refractivity contribution in [3.63, 3.8) is 0 Å². The van der Waals surface area contributed by atoms with E-state index in [0.29, 0.717) is 21.6 Å². The molecule has 4 aromatic rings. The molecule has 0 fully saturated rings. The first-order valence-electron chi connectivity index (χ1n) is 9.65. The number of carboxylic acids is 1. The van der Waals surface area contributed by atoms with Crippen LogP contribution >= 0.6 is 23.4 Å². The maximum atomic E-state index is 15.2. The van der Waals surface area contributed by atoms with Crippen LogP contribution in [0.1, 0.15) is 31.3 Å². The van der Waals surface area contributed by atoms with E-state index in [4.69, 9.17) is 16.7 Å². The zero-order valence-electron chi connectivity index (χ0n) is 17.1. The molecule has 0 amide bonds. The number of nitrogens with zero attached hydrogens (tertiary/aromatic N) is 4. The number of aliphatic carboxylic acids is 1. The molecule has 0 aliphatic carbocycles. The van der Waals surface area contributed by atoms with E-state index in [1.54, 1.807) is 30.5 Å². The van der Waals surface area contributed by atoms with Gasteiger partial charge < -0.3 is 9.67 Å². The van der Waals surface area contributed by atoms with E-state index in [0.717, 1.165) is 16.3 Å². The largest absolute Gasteiger partial charge is 0.481 e. The SMILES string of the molecule is Cc1c(Sc2cccc(CC(=O)O)n2)c2ccc(Cl)c(F)c2n1-c1cnn(C(C)C)c1. The smallest absolute Gasteiger partial charge is 0.309 e. The molecule has 0 saturated carbocycles. The number of carboxylic acid groups (broad SMARTS) is 1. The molecule has 0 radical (unpaired) electrons. The van der Waals surface area contributed by atoms with E-state index >= 15 is 4.39 Å². The molecule has 9 heteroatoms. The first-order valence-corrected chi connectivity index (χ1v) is 10.8. The molecule has 0 atom stereocenters. The van der Waals surface area contributed by atoms with Crippen molar-refractivity contribution in [2.45, 2.75) is 43.2 Å². The second kappa shape index (κ2) is 8.36. The zero-order chi connectivity index (χ0) is 22.3. The Hall–Kier alpha value is -2.84. The summed E-state index contributed by atoms with van der Waals surface area (Å²) >= 11 is 7.48. The third kappa shape index (κ3) is 4.05. The van der Waals surface area contributed by atoms with Gasteiger partial charge in [0, 0.05) is 28.2 Å². The van der Waals surface area contributed by atoms with Gasteiger partial charge in [-0.1, -0.05) is 29.4 Å². The van der Waals surface area contributed by atoms with Crippen LogP contribution in [0.2, 0.25) is 5.02 Å². The number of halogens is 2. The lowest BCUT2D eigenvalue weighted by Crippen LogP contribution is -2.02. The molecular weight excluding hydrogens is 439 g/mol. The van der Waals surface area contributed by atoms with Crippen LogP contribution in [-0.2, 0) is 11.2 Å². The zero-order valence-corrected chi connectivity index (χ0v) is 18.7. The summed E-state index contributed by atoms with van der Waals surface area (Å²) in [6, 6.07) is 8.75. The summed E-state index contributed by atoms with van der Waals surface area (Å²) in [6.45, 7) is 5.95. The van der Waals surface area contributed by atoms with Crippen molar-refractivity contribution >= 4 is 40.2 Å². The van der Waals surface area contributed by atoms with Crippen LogP contribution in [0.4, 0.5) is 4.39 Å². The topological polar surface area (TPSA) is 72.9 Å². The fourth-order valence-electron chi connectivity index (χ4n) is 3.46. The third-order valence-corrected chi connectivity index (χ3v) is 6.34. The lowest BCUT2D eigenvalue weighted by molar-refractivity contribution is -0.136. The van der Waals surface area contributed by atoms with Gasteiger partial charge in [0.15, 0.2) is 5.82 Å². The number of rotatable bonds is 6. The summed E-state index contributed by atoms with van der Waals surface area (Å²) in [4.78, 5) is 16.3. The minimum atomic E-state index is -0.943. The standard InChI is InChI=1S/C22H20ClFN4O2S/c1-12(2)27-11-15(10-25-27)28-13(3)22(16-7-8-17(23)20(24)21(16)28)31-18-6-4-5-14(26-18)9-19(29)30/h4-8,10-12H,9H2,1-3H3,(H,29,30). The van der Waals surface area contributed by atoms with E-state index in [2.05, 4.69) is 10.1 Å². The number of benzene rings is 1. The van der Waals surface area contributed by atoms with Gasteiger partial charge in [0.25, 0.3) is 0 Å². The molecular formula is C22H20ClFN4O2S. The van der Waals surface area contributed by atoms with Gasteiger partial charge >= 0.3 is 5.97 Å². The fourth-order valence-corrected chi connectivity index (χ4v) is 4.64. The van der Waals surface area contributed by atoms with Crippen LogP contribution in [0.3, 0.4) is 0 Å². The maximum Gasteiger partial charge on any atom is 0.309 e. The Morgan fingerprint density at radius 1 is 1.29 bits per heavy atom. The Balaban J connectivity index is 1.88. The van der Waals surface area contributed by atoms with Crippen molar-refractivity contribution in [3.05, 3.63) is 65.0 Å². The van der Waals surface area contributed by atoms with Crippen molar-refractivity contribution in [1.29, 1.82) is 0 Å². The first kappa shape index (κ1) is 21.4. The third-order valence-electron chi connectivity index (χ3n) is 4.90. The highest BCUT2D eigenvalue weighted by molar-refractivity contribution is 7.99. The molecule has 0 bridgehead atoms. The van der Waals surface area contributed by atoms with Gasteiger partial charge in [-0.25, -0.2) is 9.37 Å². The van der Waals surface area contributed by atoms with Crippen molar-refractivity contribution in [3.8, 4) is 5.69 Å². The predicted molar refractivity (Wildman–Crippen MR) is 119 cm³/mol. The highest BCUT2D eigenvalue weighted by atomic mass is 35.5. The average Bonchev–Trinajstić information content (AvgIpc) is 3.29. The van der Waals surface area contributed by atoms with Gasteiger partial charge in [-0.3, -0.25) is 9.48 Å². The van der Waals surface area contributed by atoms with Gasteiger partial charge in [-0.15, -0.1) is 0 Å². The van der Waals surface area contributed by atoms with Crippen LogP contribution in [0, 0.1) is 12.7 Å². The van der Waals surface area contributed by atoms with Crippen LogP contribution < -0.4 is 0 Å². The predicted octanol–water partition coefficient (Wildman–Crippen LogP) is 5.68. The van der Waals surface area contributed by atoms with Crippen LogP contribution in [0.25, 0.3) is 16.6 Å². The van der Waals surface area contributed by atoms with Gasteiger partial charge in [-0.2, -0.15) is 5.10 Å². The molecule has 1 N–H and O–H groups in total. The van der Waals surface area contributed by atoms with Gasteiger partial charge in [-0.05, 0) is 45.0 Å². The Morgan fingerprint density at radius 2 is 2.06 bits per heavy atom. The Labute approximate surface area is 187 Å². The molecule has 0 aliphatic rings. The lowest BCUT2D eigenvalue weighted by Gasteiger charge is -2.08. The van der Waals surface area contributed by atoms with Gasteiger partial charge in [0.1, 0.15) is 5.03 Å². The molecule has 160 valence electrons. The highest BCUT2D eigenvalue weighted by Gasteiger charge is 2.22. The van der Waals surface area contributed by atoms with Gasteiger partial charge in [0.05, 0.1) is 34.5 Å². The number of pyridine rings is 1. The van der Waals surface area contributed by atoms with E-state index in [-0.39, 0.29) is 17.5 Å². The molecule has 0 saturated heterocycles. The molecule has 0 spiro atoms. The lowest BCUT2D eigenvalue weighted by atomic mass is 10.2. The Bertz CT molecular complexity index is 1300. The minimum Gasteiger partial charge on any atom is -0.481 e. The summed E-state index contributed by atoms with van der Waals surface area (Å²) in [5.74, 6) is -1.44. The Kier molecular flexibility index (Phi) is 5.77. The number of carbonyl (C=O) groups is 1. The summed E-state index contributed by atoms with van der Waals surface area (Å²) in [5.41, 5.74) is 2.38. The summed E-state index contributed by atoms with van der Waals surface area (Å²) in [7, 11) is 0. The molecule has 0 aliphatic heterocycles. The summed E-state index contributed by atoms with van der Waals surface area (Å²) < 4.78 is 18.8. The summed E-state index contributed by atoms with van der Waals surface area (Å²) in [5, 5.41) is 14.8. The molecule has 1 aromatic carbocycles. The highest BCUT2D eigenvalue weighted by Crippen LogP contribution is 2.41. The quantitative estimate of drug-likeness (QED) is 0.402. The molecule has 6 nitrogen and oxygen atoms in total. The molecule has 4 rings (SSSR count). The van der Waals surface area contributed by atoms with Crippen molar-refractivity contribution in [2.75, 3.05) is 0 Å². The van der Waals surface area contributed by atoms with Crippen LogP contribution in [0.15, 0.2) is 52.6 Å². The van der Waals surface area contributed by atoms with E-state index in [1.165, 1.54) is 11.8 Å². The van der Waals surface area contributed by atoms with E-state index < -0.39 is 11.8 Å². The molecule has 3 aromatic heterocycles. The second-order valence-electron chi connectivity index (χ2n) is 7.42. The molecule has 3 heterocycles. The van der Waals surface area contributed by atoms with Crippen molar-refractivity contribution in [1.82, 2.24) is 19.3 Å². The maximum absolute atomic E-state index is 15.2. The average molecular weight is 459 g/mol. The van der Waals surface area contributed by atoms with Crippen LogP contribution in [0.5, 0.6) is 0 Å². The molecule has 31 heavy (non-hydrogen) atoms. The van der Waals surface area contributed by atoms with Gasteiger partial charge in [0.2, 0.25) is 0 Å². The number of hydrogen-bond acceptors (Lipinski definition) is 4. The normalized spacial score (nSPS) is 11.5. The fraction of sp³-hybridized carbons (Fsp3) is 0.227. The first-order chi connectivity index (χ1) is 14.8. The molecule has 0 unspecified atom stereocenters. The van der Waals surface area contributed by atoms with E-state index in [9.17, 15) is 4.79 Å². The minimum absolute atomic E-state index is 0.0423. The number of aromatic nitrogens is 4. The van der Waals surface area contributed by atoms with Crippen LogP contribution in [-0.4, -0.2) is 30.4 Å². The number of hydrogen-bond donors (Lipinski definition) is 1.